The Bertz CT molecular complexity index is 274. The minimum atomic E-state index is -1.63. The highest BCUT2D eigenvalue weighted by Crippen LogP contribution is 2.07. The normalized spacial score (nSPS) is 11.7. The highest BCUT2D eigenvalue weighted by atomic mass is 127. The Morgan fingerprint density at radius 1 is 1.13 bits per heavy atom. The summed E-state index contributed by atoms with van der Waals surface area (Å²) in [6.45, 7) is 5.45. The number of halogens is 1. The molecule has 0 saturated heterocycles. The smallest absolute Gasteiger partial charge is 0.218 e. The van der Waals surface area contributed by atoms with Gasteiger partial charge in [-0.05, 0) is 35.5 Å². The fraction of sp³-hybridized carbons (Fsp3) is 0.500. The quantitative estimate of drug-likeness (QED) is 0.336. The third-order valence-corrected chi connectivity index (χ3v) is 5.87. The second-order valence-corrected chi connectivity index (χ2v) is 9.09. The number of hydrogen-bond acceptors (Lipinski definition) is 1. The van der Waals surface area contributed by atoms with Crippen LogP contribution in [0.3, 0.4) is 0 Å². The van der Waals surface area contributed by atoms with Crippen LogP contribution in [0.15, 0.2) is 30.3 Å². The third kappa shape index (κ3) is 4.65. The van der Waals surface area contributed by atoms with Gasteiger partial charge in [0.2, 0.25) is 8.32 Å². The van der Waals surface area contributed by atoms with Crippen molar-refractivity contribution < 1.29 is 4.43 Å². The molecule has 0 N–H and O–H groups in total. The van der Waals surface area contributed by atoms with Crippen molar-refractivity contribution in [2.75, 3.05) is 11.0 Å². The van der Waals surface area contributed by atoms with Crippen LogP contribution in [0.4, 0.5) is 0 Å². The summed E-state index contributed by atoms with van der Waals surface area (Å²) in [7, 11) is -1.63. The van der Waals surface area contributed by atoms with Crippen LogP contribution in [0, 0.1) is 0 Å². The fourth-order valence-electron chi connectivity index (χ4n) is 1.45. The number of alkyl halides is 1. The van der Waals surface area contributed by atoms with E-state index in [1.807, 2.05) is 0 Å². The van der Waals surface area contributed by atoms with Crippen molar-refractivity contribution in [2.24, 2.45) is 0 Å². The average Bonchev–Trinajstić information content (AvgIpc) is 2.26. The summed E-state index contributed by atoms with van der Waals surface area (Å²) in [4.78, 5) is 0. The van der Waals surface area contributed by atoms with Gasteiger partial charge in [0.1, 0.15) is 0 Å². The molecule has 0 heterocycles. The van der Waals surface area contributed by atoms with Crippen LogP contribution in [0.5, 0.6) is 0 Å². The fourth-order valence-corrected chi connectivity index (χ4v) is 3.80. The molecule has 15 heavy (non-hydrogen) atoms. The summed E-state index contributed by atoms with van der Waals surface area (Å²) in [5.74, 6) is 0. The SMILES string of the molecule is C[Si](C)(OCCCCI)c1ccccc1. The van der Waals surface area contributed by atoms with Crippen molar-refractivity contribution in [1.82, 2.24) is 0 Å². The third-order valence-electron chi connectivity index (χ3n) is 2.46. The first-order valence-electron chi connectivity index (χ1n) is 5.42. The molecule has 84 valence electrons. The summed E-state index contributed by atoms with van der Waals surface area (Å²) >= 11 is 2.42. The Kier molecular flexibility index (Phi) is 5.85. The van der Waals surface area contributed by atoms with E-state index in [9.17, 15) is 0 Å². The number of unbranched alkanes of at least 4 members (excludes halogenated alkanes) is 1. The van der Waals surface area contributed by atoms with Crippen LogP contribution in [0.2, 0.25) is 13.1 Å². The summed E-state index contributed by atoms with van der Waals surface area (Å²) < 4.78 is 7.28. The largest absolute Gasteiger partial charge is 0.413 e. The van der Waals surface area contributed by atoms with Gasteiger partial charge in [-0.25, -0.2) is 0 Å². The van der Waals surface area contributed by atoms with Gasteiger partial charge in [0, 0.05) is 6.61 Å². The molecule has 0 aliphatic rings. The minimum Gasteiger partial charge on any atom is -0.413 e. The molecule has 0 fully saturated rings. The van der Waals surface area contributed by atoms with E-state index in [0.717, 1.165) is 6.61 Å². The van der Waals surface area contributed by atoms with Gasteiger partial charge in [-0.2, -0.15) is 0 Å². The van der Waals surface area contributed by atoms with Gasteiger partial charge in [-0.3, -0.25) is 0 Å². The maximum Gasteiger partial charge on any atom is 0.218 e. The highest BCUT2D eigenvalue weighted by molar-refractivity contribution is 14.1. The van der Waals surface area contributed by atoms with Crippen LogP contribution in [-0.2, 0) is 4.43 Å². The zero-order valence-electron chi connectivity index (χ0n) is 9.50. The summed E-state index contributed by atoms with van der Waals surface area (Å²) in [6, 6.07) is 10.6. The standard InChI is InChI=1S/C12H19IOSi/c1-15(2,14-11-7-6-10-13)12-8-4-3-5-9-12/h3-5,8-9H,6-7,10-11H2,1-2H3. The van der Waals surface area contributed by atoms with E-state index >= 15 is 0 Å². The van der Waals surface area contributed by atoms with E-state index in [1.54, 1.807) is 0 Å². The van der Waals surface area contributed by atoms with Crippen LogP contribution >= 0.6 is 22.6 Å². The Hall–Kier alpha value is 0.127. The van der Waals surface area contributed by atoms with Crippen LogP contribution in [-0.4, -0.2) is 19.4 Å². The van der Waals surface area contributed by atoms with E-state index in [-0.39, 0.29) is 0 Å². The molecule has 0 radical (unpaired) electrons. The second-order valence-electron chi connectivity index (χ2n) is 4.12. The topological polar surface area (TPSA) is 9.23 Å². The predicted octanol–water partition coefficient (Wildman–Crippen LogP) is 3.33. The molecule has 0 spiro atoms. The van der Waals surface area contributed by atoms with Gasteiger partial charge in [-0.1, -0.05) is 52.9 Å². The number of benzene rings is 1. The molecule has 1 aromatic carbocycles. The lowest BCUT2D eigenvalue weighted by atomic mass is 10.4. The van der Waals surface area contributed by atoms with Crippen molar-refractivity contribution in [3.8, 4) is 0 Å². The lowest BCUT2D eigenvalue weighted by Gasteiger charge is -2.23. The highest BCUT2D eigenvalue weighted by Gasteiger charge is 2.24. The number of hydrogen-bond donors (Lipinski definition) is 0. The zero-order chi connectivity index (χ0) is 11.1. The van der Waals surface area contributed by atoms with Crippen LogP contribution in [0.1, 0.15) is 12.8 Å². The lowest BCUT2D eigenvalue weighted by molar-refractivity contribution is 0.308. The van der Waals surface area contributed by atoms with Gasteiger partial charge in [-0.15, -0.1) is 0 Å². The summed E-state index contributed by atoms with van der Waals surface area (Å²) in [6.07, 6.45) is 2.45. The molecular weight excluding hydrogens is 315 g/mol. The molecule has 0 aromatic heterocycles. The first-order chi connectivity index (χ1) is 7.17. The molecule has 0 aliphatic heterocycles. The molecule has 0 aliphatic carbocycles. The molecule has 1 rings (SSSR count). The summed E-state index contributed by atoms with van der Waals surface area (Å²) in [5, 5.41) is 1.39. The zero-order valence-corrected chi connectivity index (χ0v) is 12.7. The van der Waals surface area contributed by atoms with E-state index in [0.29, 0.717) is 0 Å². The molecule has 1 nitrogen and oxygen atoms in total. The Balaban J connectivity index is 2.45. The van der Waals surface area contributed by atoms with Gasteiger partial charge in [0.15, 0.2) is 0 Å². The van der Waals surface area contributed by atoms with Gasteiger partial charge >= 0.3 is 0 Å². The molecule has 0 atom stereocenters. The maximum absolute atomic E-state index is 6.05. The number of rotatable bonds is 6. The van der Waals surface area contributed by atoms with E-state index in [4.69, 9.17) is 4.43 Å². The van der Waals surface area contributed by atoms with Gasteiger partial charge in [0.05, 0.1) is 0 Å². The van der Waals surface area contributed by atoms with Crippen molar-refractivity contribution >= 4 is 36.1 Å². The van der Waals surface area contributed by atoms with Crippen molar-refractivity contribution in [3.63, 3.8) is 0 Å². The van der Waals surface area contributed by atoms with Crippen molar-refractivity contribution in [2.45, 2.75) is 25.9 Å². The minimum absolute atomic E-state index is 0.914. The van der Waals surface area contributed by atoms with Crippen molar-refractivity contribution in [3.05, 3.63) is 30.3 Å². The van der Waals surface area contributed by atoms with E-state index in [2.05, 4.69) is 66.0 Å². The maximum atomic E-state index is 6.05. The van der Waals surface area contributed by atoms with Crippen molar-refractivity contribution in [1.29, 1.82) is 0 Å². The Morgan fingerprint density at radius 3 is 2.40 bits per heavy atom. The first kappa shape index (κ1) is 13.2. The van der Waals surface area contributed by atoms with Crippen LogP contribution < -0.4 is 5.19 Å². The van der Waals surface area contributed by atoms with E-state index in [1.165, 1.54) is 22.5 Å². The first-order valence-corrected chi connectivity index (χ1v) is 9.85. The van der Waals surface area contributed by atoms with Crippen LogP contribution in [0.25, 0.3) is 0 Å². The molecule has 0 unspecified atom stereocenters. The molecule has 0 amide bonds. The van der Waals surface area contributed by atoms with E-state index < -0.39 is 8.32 Å². The molecular formula is C12H19IOSi. The second kappa shape index (κ2) is 6.65. The van der Waals surface area contributed by atoms with Gasteiger partial charge in [0.25, 0.3) is 0 Å². The predicted molar refractivity (Wildman–Crippen MR) is 77.6 cm³/mol. The Labute approximate surface area is 108 Å². The molecule has 0 bridgehead atoms. The molecule has 0 saturated carbocycles. The summed E-state index contributed by atoms with van der Waals surface area (Å²) in [5.41, 5.74) is 0. The average molecular weight is 334 g/mol. The Morgan fingerprint density at radius 2 is 1.80 bits per heavy atom. The monoisotopic (exact) mass is 334 g/mol. The molecule has 1 aromatic rings. The molecule has 3 heteroatoms. The lowest BCUT2D eigenvalue weighted by Crippen LogP contribution is -2.44. The van der Waals surface area contributed by atoms with Gasteiger partial charge < -0.3 is 4.43 Å².